The molecular weight excluding hydrogens is 370 g/mol. The highest BCUT2D eigenvalue weighted by Crippen LogP contribution is 2.38. The number of thiophene rings is 1. The molecule has 1 atom stereocenters. The number of quaternary nitrogens is 1. The Bertz CT molecular complexity index is 1050. The summed E-state index contributed by atoms with van der Waals surface area (Å²) in [5.41, 5.74) is 3.33. The number of hydrogen-bond donors (Lipinski definition) is 1. The first-order valence-corrected chi connectivity index (χ1v) is 10.1. The largest absolute Gasteiger partial charge is 0.872 e. The van der Waals surface area contributed by atoms with Crippen LogP contribution in [-0.2, 0) is 13.1 Å². The van der Waals surface area contributed by atoms with E-state index in [2.05, 4.69) is 12.1 Å². The van der Waals surface area contributed by atoms with E-state index < -0.39 is 0 Å². The molecule has 0 spiro atoms. The lowest BCUT2D eigenvalue weighted by atomic mass is 10.0. The van der Waals surface area contributed by atoms with Gasteiger partial charge in [-0.05, 0) is 30.0 Å². The number of carbonyl (C=O) groups excluding carboxylic acids is 1. The van der Waals surface area contributed by atoms with E-state index in [0.717, 1.165) is 21.9 Å². The summed E-state index contributed by atoms with van der Waals surface area (Å²) in [6, 6.07) is 15.2. The van der Waals surface area contributed by atoms with Crippen LogP contribution in [0.15, 0.2) is 59.7 Å². The van der Waals surface area contributed by atoms with Crippen molar-refractivity contribution in [1.29, 1.82) is 0 Å². The fraction of sp³-hybridized carbons (Fsp3) is 0.174. The van der Waals surface area contributed by atoms with Crippen LogP contribution in [0.5, 0.6) is 11.5 Å². The van der Waals surface area contributed by atoms with Crippen molar-refractivity contribution in [1.82, 2.24) is 0 Å². The van der Waals surface area contributed by atoms with Gasteiger partial charge in [0.05, 0.1) is 12.6 Å². The Hall–Kier alpha value is -2.89. The minimum absolute atomic E-state index is 0.0903. The first-order chi connectivity index (χ1) is 13.5. The second-order valence-electron chi connectivity index (χ2n) is 7.12. The Labute approximate surface area is 168 Å². The van der Waals surface area contributed by atoms with Gasteiger partial charge in [-0.3, -0.25) is 4.79 Å². The SMILES string of the molecule is Cc1ccsc1C=C1Oc2c(ccc([O-])c2C[NH+](C)Cc2ccccc2)C1=O. The van der Waals surface area contributed by atoms with Gasteiger partial charge in [0.1, 0.15) is 18.8 Å². The molecule has 1 aromatic heterocycles. The molecule has 0 aliphatic carbocycles. The van der Waals surface area contributed by atoms with Crippen molar-refractivity contribution in [3.05, 3.63) is 86.8 Å². The van der Waals surface area contributed by atoms with E-state index in [9.17, 15) is 9.90 Å². The minimum Gasteiger partial charge on any atom is -0.872 e. The number of ether oxygens (including phenoxy) is 1. The van der Waals surface area contributed by atoms with Crippen molar-refractivity contribution >= 4 is 23.2 Å². The molecule has 0 fully saturated rings. The van der Waals surface area contributed by atoms with E-state index in [1.807, 2.05) is 43.6 Å². The molecule has 0 bridgehead atoms. The topological polar surface area (TPSA) is 53.8 Å². The first-order valence-electron chi connectivity index (χ1n) is 9.19. The highest BCUT2D eigenvalue weighted by atomic mass is 32.1. The van der Waals surface area contributed by atoms with E-state index in [-0.39, 0.29) is 17.3 Å². The van der Waals surface area contributed by atoms with Crippen molar-refractivity contribution in [3.8, 4) is 11.5 Å². The number of benzene rings is 2. The van der Waals surface area contributed by atoms with Gasteiger partial charge < -0.3 is 14.7 Å². The number of fused-ring (bicyclic) bond motifs is 1. The molecule has 0 saturated heterocycles. The van der Waals surface area contributed by atoms with E-state index >= 15 is 0 Å². The summed E-state index contributed by atoms with van der Waals surface area (Å²) in [7, 11) is 2.04. The molecule has 1 aliphatic rings. The number of ketones is 1. The van der Waals surface area contributed by atoms with Crippen LogP contribution < -0.4 is 14.7 Å². The van der Waals surface area contributed by atoms with Gasteiger partial charge in [0, 0.05) is 22.1 Å². The van der Waals surface area contributed by atoms with Crippen molar-refractivity contribution in [2.75, 3.05) is 7.05 Å². The van der Waals surface area contributed by atoms with E-state index in [1.165, 1.54) is 11.6 Å². The number of carbonyl (C=O) groups is 1. The van der Waals surface area contributed by atoms with Crippen molar-refractivity contribution in [3.63, 3.8) is 0 Å². The Morgan fingerprint density at radius 1 is 1.11 bits per heavy atom. The summed E-state index contributed by atoms with van der Waals surface area (Å²) in [6.45, 7) is 3.28. The van der Waals surface area contributed by atoms with Crippen LogP contribution in [0.25, 0.3) is 6.08 Å². The van der Waals surface area contributed by atoms with E-state index in [0.29, 0.717) is 23.4 Å². The van der Waals surface area contributed by atoms with E-state index in [4.69, 9.17) is 4.74 Å². The number of allylic oxidation sites excluding steroid dienone is 1. The zero-order valence-corrected chi connectivity index (χ0v) is 16.6. The maximum atomic E-state index is 12.8. The molecule has 4 nitrogen and oxygen atoms in total. The lowest BCUT2D eigenvalue weighted by Crippen LogP contribution is -3.06. The molecule has 4 rings (SSSR count). The number of hydrogen-bond acceptors (Lipinski definition) is 4. The van der Waals surface area contributed by atoms with Crippen LogP contribution >= 0.6 is 11.3 Å². The number of rotatable bonds is 5. The number of nitrogens with one attached hydrogen (secondary N) is 1. The molecular formula is C23H21NO3S. The third-order valence-corrected chi connectivity index (χ3v) is 5.86. The Morgan fingerprint density at radius 2 is 1.89 bits per heavy atom. The highest BCUT2D eigenvalue weighted by molar-refractivity contribution is 7.11. The molecule has 1 unspecified atom stereocenters. The van der Waals surface area contributed by atoms with Gasteiger partial charge in [0.25, 0.3) is 0 Å². The van der Waals surface area contributed by atoms with Crippen LogP contribution in [0.4, 0.5) is 0 Å². The van der Waals surface area contributed by atoms with Crippen molar-refractivity contribution in [2.45, 2.75) is 20.0 Å². The molecule has 0 radical (unpaired) electrons. The van der Waals surface area contributed by atoms with Crippen LogP contribution in [0, 0.1) is 6.92 Å². The normalized spacial score (nSPS) is 15.5. The molecule has 1 aliphatic heterocycles. The summed E-state index contributed by atoms with van der Waals surface area (Å²) < 4.78 is 5.92. The lowest BCUT2D eigenvalue weighted by molar-refractivity contribution is -0.907. The van der Waals surface area contributed by atoms with Gasteiger partial charge in [-0.25, -0.2) is 0 Å². The predicted molar refractivity (Wildman–Crippen MR) is 109 cm³/mol. The van der Waals surface area contributed by atoms with Gasteiger partial charge in [-0.1, -0.05) is 42.1 Å². The maximum absolute atomic E-state index is 12.8. The van der Waals surface area contributed by atoms with Crippen molar-refractivity contribution in [2.24, 2.45) is 0 Å². The Morgan fingerprint density at radius 3 is 2.61 bits per heavy atom. The average Bonchev–Trinajstić information content (AvgIpc) is 3.22. The predicted octanol–water partition coefficient (Wildman–Crippen LogP) is 2.96. The Balaban J connectivity index is 1.61. The quantitative estimate of drug-likeness (QED) is 0.681. The summed E-state index contributed by atoms with van der Waals surface area (Å²) in [4.78, 5) is 14.9. The Kier molecular flexibility index (Phi) is 5.03. The van der Waals surface area contributed by atoms with Crippen molar-refractivity contribution < 1.29 is 19.5 Å². The average molecular weight is 391 g/mol. The molecule has 3 aromatic rings. The molecule has 5 heteroatoms. The fourth-order valence-corrected chi connectivity index (χ4v) is 4.26. The summed E-state index contributed by atoms with van der Waals surface area (Å²) in [5, 5.41) is 14.5. The number of Topliss-reactive ketones (excluding diaryl/α,β-unsaturated/α-hetero) is 1. The van der Waals surface area contributed by atoms with Crippen LogP contribution in [0.3, 0.4) is 0 Å². The molecule has 28 heavy (non-hydrogen) atoms. The van der Waals surface area contributed by atoms with Gasteiger partial charge in [0.2, 0.25) is 5.78 Å². The standard InChI is InChI=1S/C23H21NO3S/c1-15-10-11-28-21(15)12-20-22(26)17-8-9-19(25)18(23(17)27-20)14-24(2)13-16-6-4-3-5-7-16/h3-12,25H,13-14H2,1-2H3. The molecule has 0 saturated carbocycles. The summed E-state index contributed by atoms with van der Waals surface area (Å²) in [6.07, 6.45) is 1.77. The van der Waals surface area contributed by atoms with Crippen LogP contribution in [-0.4, -0.2) is 12.8 Å². The molecule has 0 amide bonds. The minimum atomic E-state index is -0.162. The molecule has 2 heterocycles. The maximum Gasteiger partial charge on any atom is 0.232 e. The zero-order chi connectivity index (χ0) is 19.7. The summed E-state index contributed by atoms with van der Waals surface area (Å²) in [5.74, 6) is 0.454. The number of aryl methyl sites for hydroxylation is 1. The lowest BCUT2D eigenvalue weighted by Gasteiger charge is -2.20. The molecule has 2 aromatic carbocycles. The molecule has 142 valence electrons. The highest BCUT2D eigenvalue weighted by Gasteiger charge is 2.31. The third kappa shape index (κ3) is 3.59. The third-order valence-electron chi connectivity index (χ3n) is 4.89. The zero-order valence-electron chi connectivity index (χ0n) is 15.8. The second-order valence-corrected chi connectivity index (χ2v) is 8.07. The second kappa shape index (κ2) is 7.62. The first kappa shape index (κ1) is 18.5. The van der Waals surface area contributed by atoms with Crippen LogP contribution in [0.2, 0.25) is 0 Å². The smallest absolute Gasteiger partial charge is 0.232 e. The molecule has 1 N–H and O–H groups in total. The monoisotopic (exact) mass is 391 g/mol. The van der Waals surface area contributed by atoms with Gasteiger partial charge in [-0.15, -0.1) is 11.3 Å². The van der Waals surface area contributed by atoms with Gasteiger partial charge in [0.15, 0.2) is 5.76 Å². The van der Waals surface area contributed by atoms with Gasteiger partial charge in [-0.2, -0.15) is 0 Å². The van der Waals surface area contributed by atoms with Crippen LogP contribution in [0.1, 0.15) is 31.9 Å². The fourth-order valence-electron chi connectivity index (χ4n) is 3.42. The van der Waals surface area contributed by atoms with Gasteiger partial charge >= 0.3 is 0 Å². The summed E-state index contributed by atoms with van der Waals surface area (Å²) >= 11 is 1.56. The van der Waals surface area contributed by atoms with E-state index in [1.54, 1.807) is 23.5 Å².